The van der Waals surface area contributed by atoms with Crippen molar-refractivity contribution in [1.82, 2.24) is 0 Å². The van der Waals surface area contributed by atoms with Gasteiger partial charge in [-0.3, -0.25) is 0 Å². The van der Waals surface area contributed by atoms with Gasteiger partial charge in [0, 0.05) is 15.8 Å². The van der Waals surface area contributed by atoms with Gasteiger partial charge in [-0.2, -0.15) is 0 Å². The zero-order chi connectivity index (χ0) is 11.4. The molecule has 2 aromatic rings. The third-order valence-corrected chi connectivity index (χ3v) is 3.83. The second-order valence-electron chi connectivity index (χ2n) is 3.47. The van der Waals surface area contributed by atoms with E-state index >= 15 is 0 Å². The smallest absolute Gasteiger partial charge is 0.0542 e. The van der Waals surface area contributed by atoms with Gasteiger partial charge >= 0.3 is 0 Å². The van der Waals surface area contributed by atoms with Gasteiger partial charge < -0.3 is 5.32 Å². The molecule has 0 atom stereocenters. The SMILES string of the molecule is Clc1cc(CNc2ccccc2)ccc1I. The largest absolute Gasteiger partial charge is 0.381 e. The fraction of sp³-hybridized carbons (Fsp3) is 0.0769. The van der Waals surface area contributed by atoms with Crippen molar-refractivity contribution in [3.05, 3.63) is 62.7 Å². The van der Waals surface area contributed by atoms with Crippen LogP contribution in [0.25, 0.3) is 0 Å². The topological polar surface area (TPSA) is 12.0 Å². The van der Waals surface area contributed by atoms with Crippen LogP contribution < -0.4 is 5.32 Å². The Bertz CT molecular complexity index is 471. The predicted molar refractivity (Wildman–Crippen MR) is 77.9 cm³/mol. The van der Waals surface area contributed by atoms with Gasteiger partial charge in [0.1, 0.15) is 0 Å². The first-order valence-corrected chi connectivity index (χ1v) is 6.44. The van der Waals surface area contributed by atoms with Crippen LogP contribution in [0.1, 0.15) is 5.56 Å². The number of halogens is 2. The lowest BCUT2D eigenvalue weighted by Gasteiger charge is -2.07. The summed E-state index contributed by atoms with van der Waals surface area (Å²) in [7, 11) is 0. The molecule has 1 N–H and O–H groups in total. The molecule has 0 spiro atoms. The maximum absolute atomic E-state index is 6.06. The molecule has 2 aromatic carbocycles. The van der Waals surface area contributed by atoms with Crippen molar-refractivity contribution in [3.8, 4) is 0 Å². The number of hydrogen-bond acceptors (Lipinski definition) is 1. The summed E-state index contributed by atoms with van der Waals surface area (Å²) in [6.07, 6.45) is 0. The van der Waals surface area contributed by atoms with Crippen LogP contribution >= 0.6 is 34.2 Å². The summed E-state index contributed by atoms with van der Waals surface area (Å²) in [4.78, 5) is 0. The Morgan fingerprint density at radius 2 is 1.81 bits per heavy atom. The number of para-hydroxylation sites is 1. The van der Waals surface area contributed by atoms with Gasteiger partial charge in [0.15, 0.2) is 0 Å². The molecule has 0 unspecified atom stereocenters. The van der Waals surface area contributed by atoms with E-state index in [0.717, 1.165) is 20.8 Å². The fourth-order valence-electron chi connectivity index (χ4n) is 1.41. The molecule has 0 heterocycles. The molecule has 16 heavy (non-hydrogen) atoms. The van der Waals surface area contributed by atoms with Gasteiger partial charge in [0.05, 0.1) is 5.02 Å². The van der Waals surface area contributed by atoms with Crippen LogP contribution in [0.2, 0.25) is 5.02 Å². The molecule has 0 saturated heterocycles. The third-order valence-electron chi connectivity index (χ3n) is 2.25. The standard InChI is InChI=1S/C13H11ClIN/c14-12-8-10(6-7-13(12)15)9-16-11-4-2-1-3-5-11/h1-8,16H,9H2. The number of anilines is 1. The monoisotopic (exact) mass is 343 g/mol. The molecule has 0 amide bonds. The molecule has 1 nitrogen and oxygen atoms in total. The molecule has 0 aromatic heterocycles. The van der Waals surface area contributed by atoms with E-state index in [1.807, 2.05) is 42.5 Å². The minimum absolute atomic E-state index is 0.792. The van der Waals surface area contributed by atoms with Crippen LogP contribution in [0.15, 0.2) is 48.5 Å². The number of hydrogen-bond donors (Lipinski definition) is 1. The second kappa shape index (κ2) is 5.55. The highest BCUT2D eigenvalue weighted by Gasteiger charge is 1.98. The molecule has 0 aliphatic rings. The van der Waals surface area contributed by atoms with E-state index in [4.69, 9.17) is 11.6 Å². The minimum atomic E-state index is 0.792. The van der Waals surface area contributed by atoms with E-state index in [9.17, 15) is 0 Å². The summed E-state index contributed by atoms with van der Waals surface area (Å²) in [5.41, 5.74) is 2.31. The molecule has 0 bridgehead atoms. The first-order chi connectivity index (χ1) is 7.75. The van der Waals surface area contributed by atoms with Gasteiger partial charge in [-0.25, -0.2) is 0 Å². The van der Waals surface area contributed by atoms with Gasteiger partial charge in [-0.1, -0.05) is 35.9 Å². The van der Waals surface area contributed by atoms with Crippen LogP contribution in [0.3, 0.4) is 0 Å². The fourth-order valence-corrected chi connectivity index (χ4v) is 1.95. The van der Waals surface area contributed by atoms with Crippen molar-refractivity contribution in [3.63, 3.8) is 0 Å². The molecule has 3 heteroatoms. The molecule has 0 aliphatic carbocycles. The Morgan fingerprint density at radius 3 is 2.50 bits per heavy atom. The van der Waals surface area contributed by atoms with Gasteiger partial charge in [0.25, 0.3) is 0 Å². The van der Waals surface area contributed by atoms with Crippen molar-refractivity contribution in [1.29, 1.82) is 0 Å². The Morgan fingerprint density at radius 1 is 1.06 bits per heavy atom. The van der Waals surface area contributed by atoms with Crippen LogP contribution in [0.4, 0.5) is 5.69 Å². The summed E-state index contributed by atoms with van der Waals surface area (Å²) < 4.78 is 1.09. The molecule has 0 fully saturated rings. The van der Waals surface area contributed by atoms with Crippen molar-refractivity contribution in [2.24, 2.45) is 0 Å². The van der Waals surface area contributed by atoms with Gasteiger partial charge in [-0.05, 0) is 52.4 Å². The summed E-state index contributed by atoms with van der Waals surface area (Å²) >= 11 is 8.29. The van der Waals surface area contributed by atoms with E-state index in [2.05, 4.69) is 34.0 Å². The van der Waals surface area contributed by atoms with E-state index in [1.54, 1.807) is 0 Å². The number of nitrogens with one attached hydrogen (secondary N) is 1. The lowest BCUT2D eigenvalue weighted by Crippen LogP contribution is -1.99. The van der Waals surface area contributed by atoms with Crippen molar-refractivity contribution >= 4 is 39.9 Å². The van der Waals surface area contributed by atoms with Crippen LogP contribution in [-0.4, -0.2) is 0 Å². The van der Waals surface area contributed by atoms with E-state index in [1.165, 1.54) is 5.56 Å². The third kappa shape index (κ3) is 3.12. The predicted octanol–water partition coefficient (Wildman–Crippen LogP) is 4.56. The highest BCUT2D eigenvalue weighted by Crippen LogP contribution is 2.20. The molecule has 82 valence electrons. The van der Waals surface area contributed by atoms with Crippen molar-refractivity contribution < 1.29 is 0 Å². The van der Waals surface area contributed by atoms with Gasteiger partial charge in [0.2, 0.25) is 0 Å². The minimum Gasteiger partial charge on any atom is -0.381 e. The lowest BCUT2D eigenvalue weighted by atomic mass is 10.2. The average Bonchev–Trinajstić information content (AvgIpc) is 2.32. The Balaban J connectivity index is 2.03. The number of rotatable bonds is 3. The van der Waals surface area contributed by atoms with Crippen LogP contribution in [0.5, 0.6) is 0 Å². The van der Waals surface area contributed by atoms with Crippen molar-refractivity contribution in [2.45, 2.75) is 6.54 Å². The zero-order valence-corrected chi connectivity index (χ0v) is 11.5. The van der Waals surface area contributed by atoms with E-state index in [0.29, 0.717) is 0 Å². The van der Waals surface area contributed by atoms with Crippen molar-refractivity contribution in [2.75, 3.05) is 5.32 Å². The molecular formula is C13H11ClIN. The highest BCUT2D eigenvalue weighted by atomic mass is 127. The molecular weight excluding hydrogens is 333 g/mol. The maximum Gasteiger partial charge on any atom is 0.0542 e. The average molecular weight is 344 g/mol. The Kier molecular flexibility index (Phi) is 4.07. The quantitative estimate of drug-likeness (QED) is 0.806. The Hall–Kier alpha value is -0.740. The molecule has 0 radical (unpaired) electrons. The first kappa shape index (κ1) is 11.7. The number of benzene rings is 2. The zero-order valence-electron chi connectivity index (χ0n) is 8.58. The van der Waals surface area contributed by atoms with E-state index < -0.39 is 0 Å². The summed E-state index contributed by atoms with van der Waals surface area (Å²) in [5.74, 6) is 0. The summed E-state index contributed by atoms with van der Waals surface area (Å²) in [6, 6.07) is 16.3. The van der Waals surface area contributed by atoms with Crippen LogP contribution in [-0.2, 0) is 6.54 Å². The maximum atomic E-state index is 6.06. The van der Waals surface area contributed by atoms with E-state index in [-0.39, 0.29) is 0 Å². The summed E-state index contributed by atoms with van der Waals surface area (Å²) in [5, 5.41) is 4.16. The first-order valence-electron chi connectivity index (χ1n) is 4.98. The second-order valence-corrected chi connectivity index (χ2v) is 5.04. The van der Waals surface area contributed by atoms with Gasteiger partial charge in [-0.15, -0.1) is 0 Å². The Labute approximate surface area is 114 Å². The summed E-state index contributed by atoms with van der Waals surface area (Å²) in [6.45, 7) is 0.792. The molecule has 0 aliphatic heterocycles. The highest BCUT2D eigenvalue weighted by molar-refractivity contribution is 14.1. The molecule has 0 saturated carbocycles. The normalized spacial score (nSPS) is 10.1. The molecule has 2 rings (SSSR count). The lowest BCUT2D eigenvalue weighted by molar-refractivity contribution is 1.15. The van der Waals surface area contributed by atoms with Crippen LogP contribution in [0, 0.1) is 3.57 Å².